The molecule has 2 aromatic carbocycles. The predicted octanol–water partition coefficient (Wildman–Crippen LogP) is 0.214. The van der Waals surface area contributed by atoms with Crippen LogP contribution in [0, 0.1) is 17.2 Å². The Morgan fingerprint density at radius 2 is 1.66 bits per heavy atom. The highest BCUT2D eigenvalue weighted by Gasteiger charge is 2.71. The molecular weight excluding hydrogens is 494 g/mol. The lowest BCUT2D eigenvalue weighted by Crippen LogP contribution is -2.55. The van der Waals surface area contributed by atoms with Crippen LogP contribution in [0.5, 0.6) is 0 Å². The number of amides is 3. The molecule has 0 saturated carbocycles. The van der Waals surface area contributed by atoms with Crippen LogP contribution < -0.4 is 11.5 Å². The van der Waals surface area contributed by atoms with Crippen molar-refractivity contribution in [1.82, 2.24) is 9.80 Å². The van der Waals surface area contributed by atoms with Crippen LogP contribution in [-0.4, -0.2) is 75.5 Å². The maximum absolute atomic E-state index is 13.9. The van der Waals surface area contributed by atoms with E-state index < -0.39 is 54.1 Å². The van der Waals surface area contributed by atoms with Crippen molar-refractivity contribution in [3.05, 3.63) is 71.3 Å². The van der Waals surface area contributed by atoms with Crippen LogP contribution in [0.15, 0.2) is 54.6 Å². The van der Waals surface area contributed by atoms with Gasteiger partial charge < -0.3 is 26.4 Å². The molecule has 38 heavy (non-hydrogen) atoms. The minimum Gasteiger partial charge on any atom is -0.450 e. The van der Waals surface area contributed by atoms with E-state index in [4.69, 9.17) is 21.6 Å². The number of amidine groups is 1. The van der Waals surface area contributed by atoms with Crippen LogP contribution in [-0.2, 0) is 31.3 Å². The van der Waals surface area contributed by atoms with Gasteiger partial charge in [-0.2, -0.15) is 0 Å². The van der Waals surface area contributed by atoms with E-state index in [-0.39, 0.29) is 30.9 Å². The highest BCUT2D eigenvalue weighted by atomic mass is 16.7. The second-order valence-electron chi connectivity index (χ2n) is 9.28. The van der Waals surface area contributed by atoms with Crippen LogP contribution in [0.1, 0.15) is 23.1 Å². The quantitative estimate of drug-likeness (QED) is 0.125. The lowest BCUT2D eigenvalue weighted by Gasteiger charge is -2.42. The summed E-state index contributed by atoms with van der Waals surface area (Å²) in [7, 11) is 0. The topological polar surface area (TPSA) is 200 Å². The molecule has 2 fully saturated rings. The van der Waals surface area contributed by atoms with E-state index in [2.05, 4.69) is 0 Å². The Bertz CT molecular complexity index is 1250. The molecule has 0 spiro atoms. The van der Waals surface area contributed by atoms with Gasteiger partial charge >= 0.3 is 6.16 Å². The van der Waals surface area contributed by atoms with E-state index in [1.165, 1.54) is 29.2 Å². The summed E-state index contributed by atoms with van der Waals surface area (Å²) in [5, 5.41) is 27.9. The molecule has 3 amide bonds. The van der Waals surface area contributed by atoms with Gasteiger partial charge in [-0.15, -0.1) is 0 Å². The third kappa shape index (κ3) is 4.59. The molecule has 0 bridgehead atoms. The Labute approximate surface area is 218 Å². The number of aliphatic hydroxyl groups is 1. The summed E-state index contributed by atoms with van der Waals surface area (Å²) in [6, 6.07) is 14.1. The van der Waals surface area contributed by atoms with Crippen LogP contribution in [0.2, 0.25) is 0 Å². The number of nitrogens with one attached hydrogen (secondary N) is 1. The molecule has 4 rings (SSSR count). The maximum atomic E-state index is 13.9. The number of fused-ring (bicyclic) bond motifs is 1. The Morgan fingerprint density at radius 1 is 1.00 bits per heavy atom. The van der Waals surface area contributed by atoms with Crippen molar-refractivity contribution in [3.8, 4) is 0 Å². The smallest absolute Gasteiger partial charge is 0.450 e. The van der Waals surface area contributed by atoms with Gasteiger partial charge in [-0.1, -0.05) is 54.6 Å². The minimum absolute atomic E-state index is 0.0561. The monoisotopic (exact) mass is 523 g/mol. The van der Waals surface area contributed by atoms with E-state index in [0.717, 1.165) is 10.5 Å². The number of hydrogen-bond acceptors (Lipinski definition) is 8. The first kappa shape index (κ1) is 26.8. The third-order valence-corrected chi connectivity index (χ3v) is 7.21. The van der Waals surface area contributed by atoms with E-state index >= 15 is 0 Å². The summed E-state index contributed by atoms with van der Waals surface area (Å²) in [5.74, 6) is -4.61. The average molecular weight is 524 g/mol. The molecule has 12 heteroatoms. The van der Waals surface area contributed by atoms with Gasteiger partial charge in [-0.05, 0) is 12.0 Å². The summed E-state index contributed by atoms with van der Waals surface area (Å²) in [5.41, 5.74) is 10.3. The minimum atomic E-state index is -2.05. The molecule has 4 unspecified atom stereocenters. The molecule has 12 nitrogen and oxygen atoms in total. The van der Waals surface area contributed by atoms with Crippen molar-refractivity contribution in [2.24, 2.45) is 23.3 Å². The number of aliphatic hydroxyl groups excluding tert-OH is 1. The average Bonchev–Trinajstić information content (AvgIpc) is 3.30. The molecule has 2 heterocycles. The van der Waals surface area contributed by atoms with Gasteiger partial charge in [0.1, 0.15) is 11.8 Å². The second-order valence-corrected chi connectivity index (χ2v) is 9.28. The lowest BCUT2D eigenvalue weighted by molar-refractivity contribution is -0.167. The van der Waals surface area contributed by atoms with Gasteiger partial charge in [0.2, 0.25) is 23.4 Å². The number of benzene rings is 2. The van der Waals surface area contributed by atoms with Gasteiger partial charge in [0.15, 0.2) is 0 Å². The van der Waals surface area contributed by atoms with Crippen molar-refractivity contribution >= 4 is 29.7 Å². The highest BCUT2D eigenvalue weighted by molar-refractivity contribution is 6.07. The zero-order chi connectivity index (χ0) is 27.6. The van der Waals surface area contributed by atoms with Gasteiger partial charge in [-0.3, -0.25) is 29.6 Å². The fourth-order valence-corrected chi connectivity index (χ4v) is 5.60. The van der Waals surface area contributed by atoms with Crippen molar-refractivity contribution in [1.29, 1.82) is 5.41 Å². The fourth-order valence-electron chi connectivity index (χ4n) is 5.60. The molecule has 4 atom stereocenters. The van der Waals surface area contributed by atoms with Crippen LogP contribution in [0.4, 0.5) is 4.79 Å². The molecular formula is C26H29N5O7. The number of primary amides is 1. The molecule has 2 saturated heterocycles. The first-order chi connectivity index (χ1) is 18.1. The Morgan fingerprint density at radius 3 is 2.21 bits per heavy atom. The molecule has 0 radical (unpaired) electrons. The van der Waals surface area contributed by atoms with Crippen molar-refractivity contribution in [3.63, 3.8) is 0 Å². The Hall–Kier alpha value is -4.29. The number of nitrogens with two attached hydrogens (primary N) is 2. The number of rotatable bonds is 10. The molecule has 200 valence electrons. The van der Waals surface area contributed by atoms with Crippen LogP contribution in [0.3, 0.4) is 0 Å². The number of imide groups is 1. The molecule has 2 aromatic rings. The number of likely N-dealkylation sites (tertiary alicyclic amines) is 2. The molecule has 0 aliphatic carbocycles. The number of carbonyl (C=O) groups excluding carboxylic acids is 3. The van der Waals surface area contributed by atoms with Gasteiger partial charge in [0.25, 0.3) is 0 Å². The number of carbonyl (C=O) groups is 4. The van der Waals surface area contributed by atoms with Gasteiger partial charge in [0.05, 0.1) is 12.5 Å². The van der Waals surface area contributed by atoms with E-state index in [1.807, 2.05) is 30.3 Å². The fraction of sp³-hybridized carbons (Fsp3) is 0.346. The normalized spacial score (nSPS) is 24.9. The van der Waals surface area contributed by atoms with E-state index in [0.29, 0.717) is 12.0 Å². The van der Waals surface area contributed by atoms with E-state index in [1.54, 1.807) is 0 Å². The van der Waals surface area contributed by atoms with Gasteiger partial charge in [-0.25, -0.2) is 4.79 Å². The predicted molar refractivity (Wildman–Crippen MR) is 133 cm³/mol. The first-order valence-corrected chi connectivity index (χ1v) is 12.0. The molecule has 2 aliphatic rings. The van der Waals surface area contributed by atoms with Crippen LogP contribution in [0.25, 0.3) is 0 Å². The van der Waals surface area contributed by atoms with Crippen molar-refractivity contribution in [2.75, 3.05) is 19.7 Å². The first-order valence-electron chi connectivity index (χ1n) is 12.0. The number of nitrogen functional groups attached to an aromatic ring is 1. The van der Waals surface area contributed by atoms with Crippen molar-refractivity contribution < 1.29 is 34.1 Å². The van der Waals surface area contributed by atoms with Crippen molar-refractivity contribution in [2.45, 2.75) is 24.6 Å². The summed E-state index contributed by atoms with van der Waals surface area (Å²) in [6.07, 6.45) is -1.58. The zero-order valence-corrected chi connectivity index (χ0v) is 20.4. The number of nitrogens with zero attached hydrogens (tertiary/aromatic N) is 2. The summed E-state index contributed by atoms with van der Waals surface area (Å²) in [4.78, 5) is 53.8. The van der Waals surface area contributed by atoms with Crippen LogP contribution >= 0.6 is 0 Å². The summed E-state index contributed by atoms with van der Waals surface area (Å²) >= 11 is 0. The highest BCUT2D eigenvalue weighted by Crippen LogP contribution is 2.54. The lowest BCUT2D eigenvalue weighted by atomic mass is 9.83. The number of hydrogen-bond donors (Lipinski definition) is 5. The zero-order valence-electron chi connectivity index (χ0n) is 20.4. The number of carboxylic acid groups (broad SMARTS) is 1. The summed E-state index contributed by atoms with van der Waals surface area (Å²) < 4.78 is 5.50. The molecule has 7 N–H and O–H groups in total. The number of ether oxygens (including phenoxy) is 1. The van der Waals surface area contributed by atoms with E-state index in [9.17, 15) is 29.4 Å². The summed E-state index contributed by atoms with van der Waals surface area (Å²) in [6.45, 7) is -0.734. The third-order valence-electron chi connectivity index (χ3n) is 7.21. The Kier molecular flexibility index (Phi) is 7.46. The maximum Gasteiger partial charge on any atom is 0.507 e. The molecule has 0 aromatic heterocycles. The standard InChI is InChI=1S/C26H29N5O7/c27-19(33)11-13-31-18(14-32)20-21(24(35)30(23(20)34)12-10-15-4-2-1-3-5-15)26(31,38-25(36)37)17-8-6-16(7-9-17)22(28)29/h1-9,18,20-21,32H,10-14H2,(H2,27,33)(H3,28,29)(H,36,37). The Balaban J connectivity index is 1.83. The van der Waals surface area contributed by atoms with Gasteiger partial charge in [0, 0.05) is 36.7 Å². The largest absolute Gasteiger partial charge is 0.507 e. The SMILES string of the molecule is N=C(N)c1ccc(C2(OC(=O)O)C3C(=O)N(CCc4ccccc4)C(=O)C3C(CO)N2CCC(N)=O)cc1. The second kappa shape index (κ2) is 10.6. The molecule has 2 aliphatic heterocycles.